The van der Waals surface area contributed by atoms with E-state index in [-0.39, 0.29) is 22.8 Å². The zero-order valence-corrected chi connectivity index (χ0v) is 10.9. The average Bonchev–Trinajstić information content (AvgIpc) is 2.71. The predicted molar refractivity (Wildman–Crippen MR) is 68.8 cm³/mol. The molecule has 1 nitrogen and oxygen atoms in total. The molecular formula is C12H7Cl2FOS. The average molecular weight is 289 g/mol. The van der Waals surface area contributed by atoms with Crippen molar-refractivity contribution < 1.29 is 9.18 Å². The van der Waals surface area contributed by atoms with Crippen LogP contribution in [0.4, 0.5) is 4.39 Å². The lowest BCUT2D eigenvalue weighted by Gasteiger charge is -2.03. The minimum Gasteiger partial charge on any atom is -0.293 e. The molecule has 0 bridgehead atoms. The lowest BCUT2D eigenvalue weighted by molar-refractivity contribution is 0.0996. The molecule has 2 aromatic rings. The van der Waals surface area contributed by atoms with E-state index in [1.165, 1.54) is 17.4 Å². The smallest absolute Gasteiger partial charge is 0.178 e. The molecule has 0 spiro atoms. The lowest BCUT2D eigenvalue weighted by Crippen LogP contribution is -2.04. The molecule has 0 radical (unpaired) electrons. The van der Waals surface area contributed by atoms with Gasteiger partial charge in [0.1, 0.15) is 5.82 Å². The molecule has 0 aliphatic heterocycles. The summed E-state index contributed by atoms with van der Waals surface area (Å²) in [6.45, 7) is 0. The standard InChI is InChI=1S/C12H7Cl2FOS/c13-8-3-1-2-7(11(8)15)6-10(16)12-9(14)4-5-17-12/h1-5H,6H2. The van der Waals surface area contributed by atoms with Gasteiger partial charge in [0.05, 0.1) is 14.9 Å². The molecule has 0 aliphatic rings. The summed E-state index contributed by atoms with van der Waals surface area (Å²) in [7, 11) is 0. The number of Topliss-reactive ketones (excluding diaryl/α,β-unsaturated/α-hetero) is 1. The summed E-state index contributed by atoms with van der Waals surface area (Å²) in [5.41, 5.74) is 0.284. The summed E-state index contributed by atoms with van der Waals surface area (Å²) in [6, 6.07) is 6.25. The largest absolute Gasteiger partial charge is 0.293 e. The quantitative estimate of drug-likeness (QED) is 0.753. The fourth-order valence-corrected chi connectivity index (χ4v) is 2.73. The van der Waals surface area contributed by atoms with E-state index < -0.39 is 5.82 Å². The molecule has 1 aromatic carbocycles. The molecule has 0 atom stereocenters. The number of hydrogen-bond donors (Lipinski definition) is 0. The molecule has 0 amide bonds. The van der Waals surface area contributed by atoms with Crippen molar-refractivity contribution in [3.05, 3.63) is 55.9 Å². The van der Waals surface area contributed by atoms with Crippen LogP contribution in [0.1, 0.15) is 15.2 Å². The Morgan fingerprint density at radius 1 is 1.24 bits per heavy atom. The summed E-state index contributed by atoms with van der Waals surface area (Å²) >= 11 is 12.7. The van der Waals surface area contributed by atoms with Gasteiger partial charge in [-0.2, -0.15) is 0 Å². The highest BCUT2D eigenvalue weighted by Gasteiger charge is 2.15. The number of hydrogen-bond acceptors (Lipinski definition) is 2. The van der Waals surface area contributed by atoms with Gasteiger partial charge in [-0.15, -0.1) is 11.3 Å². The monoisotopic (exact) mass is 288 g/mol. The van der Waals surface area contributed by atoms with Crippen LogP contribution < -0.4 is 0 Å². The highest BCUT2D eigenvalue weighted by atomic mass is 35.5. The fourth-order valence-electron chi connectivity index (χ4n) is 1.43. The number of benzene rings is 1. The molecule has 1 heterocycles. The molecule has 0 saturated carbocycles. The van der Waals surface area contributed by atoms with Gasteiger partial charge in [-0.3, -0.25) is 4.79 Å². The molecule has 88 valence electrons. The van der Waals surface area contributed by atoms with E-state index in [0.717, 1.165) is 0 Å². The first-order valence-electron chi connectivity index (χ1n) is 4.78. The van der Waals surface area contributed by atoms with Crippen LogP contribution in [0.15, 0.2) is 29.6 Å². The molecule has 0 fully saturated rings. The van der Waals surface area contributed by atoms with Crippen LogP contribution in [-0.4, -0.2) is 5.78 Å². The van der Waals surface area contributed by atoms with Gasteiger partial charge in [-0.25, -0.2) is 4.39 Å². The molecule has 0 aliphatic carbocycles. The van der Waals surface area contributed by atoms with Gasteiger partial charge in [0.2, 0.25) is 0 Å². The van der Waals surface area contributed by atoms with Crippen LogP contribution in [-0.2, 0) is 6.42 Å². The van der Waals surface area contributed by atoms with E-state index in [1.54, 1.807) is 23.6 Å². The highest BCUT2D eigenvalue weighted by Crippen LogP contribution is 2.25. The number of carbonyl (C=O) groups excluding carboxylic acids is 1. The maximum atomic E-state index is 13.6. The Balaban J connectivity index is 2.25. The Morgan fingerprint density at radius 3 is 2.65 bits per heavy atom. The summed E-state index contributed by atoms with van der Waals surface area (Å²) in [5.74, 6) is -0.749. The molecule has 0 N–H and O–H groups in total. The fraction of sp³-hybridized carbons (Fsp3) is 0.0833. The summed E-state index contributed by atoms with van der Waals surface area (Å²) < 4.78 is 13.6. The van der Waals surface area contributed by atoms with Crippen LogP contribution in [0, 0.1) is 5.82 Å². The maximum Gasteiger partial charge on any atom is 0.178 e. The highest BCUT2D eigenvalue weighted by molar-refractivity contribution is 7.12. The first kappa shape index (κ1) is 12.6. The second-order valence-electron chi connectivity index (χ2n) is 3.41. The Hall–Kier alpha value is -0.900. The minimum atomic E-state index is -0.546. The Bertz CT molecular complexity index is 565. The molecule has 1 aromatic heterocycles. The second-order valence-corrected chi connectivity index (χ2v) is 5.14. The van der Waals surface area contributed by atoms with E-state index in [0.29, 0.717) is 9.90 Å². The van der Waals surface area contributed by atoms with Gasteiger partial charge < -0.3 is 0 Å². The van der Waals surface area contributed by atoms with Crippen molar-refractivity contribution in [2.75, 3.05) is 0 Å². The second kappa shape index (κ2) is 5.17. The summed E-state index contributed by atoms with van der Waals surface area (Å²) in [6.07, 6.45) is -0.0351. The Kier molecular flexibility index (Phi) is 3.82. The van der Waals surface area contributed by atoms with E-state index in [4.69, 9.17) is 23.2 Å². The molecule has 0 saturated heterocycles. The van der Waals surface area contributed by atoms with Crippen LogP contribution >= 0.6 is 34.5 Å². The van der Waals surface area contributed by atoms with Crippen molar-refractivity contribution in [3.8, 4) is 0 Å². The SMILES string of the molecule is O=C(Cc1cccc(Cl)c1F)c1sccc1Cl. The predicted octanol–water partition coefficient (Wildman–Crippen LogP) is 4.62. The maximum absolute atomic E-state index is 13.6. The Labute approximate surface area is 112 Å². The van der Waals surface area contributed by atoms with Crippen molar-refractivity contribution in [2.45, 2.75) is 6.42 Å². The first-order chi connectivity index (χ1) is 8.09. The van der Waals surface area contributed by atoms with E-state index >= 15 is 0 Å². The normalized spacial score (nSPS) is 10.5. The topological polar surface area (TPSA) is 17.1 Å². The van der Waals surface area contributed by atoms with Crippen molar-refractivity contribution >= 4 is 40.3 Å². The molecule has 17 heavy (non-hydrogen) atoms. The molecule has 5 heteroatoms. The van der Waals surface area contributed by atoms with Crippen LogP contribution in [0.5, 0.6) is 0 Å². The van der Waals surface area contributed by atoms with Gasteiger partial charge in [-0.05, 0) is 23.1 Å². The van der Waals surface area contributed by atoms with Crippen molar-refractivity contribution in [1.82, 2.24) is 0 Å². The molecule has 0 unspecified atom stereocenters. The minimum absolute atomic E-state index is 0.0209. The van der Waals surface area contributed by atoms with Crippen LogP contribution in [0.25, 0.3) is 0 Å². The van der Waals surface area contributed by atoms with Crippen molar-refractivity contribution in [3.63, 3.8) is 0 Å². The van der Waals surface area contributed by atoms with Crippen molar-refractivity contribution in [2.24, 2.45) is 0 Å². The van der Waals surface area contributed by atoms with Gasteiger partial charge in [0.25, 0.3) is 0 Å². The molecular weight excluding hydrogens is 282 g/mol. The number of thiophene rings is 1. The third kappa shape index (κ3) is 2.68. The lowest BCUT2D eigenvalue weighted by atomic mass is 10.1. The first-order valence-corrected chi connectivity index (χ1v) is 6.42. The summed E-state index contributed by atoms with van der Waals surface area (Å²) in [5, 5.41) is 2.15. The van der Waals surface area contributed by atoms with E-state index in [1.807, 2.05) is 0 Å². The van der Waals surface area contributed by atoms with E-state index in [2.05, 4.69) is 0 Å². The number of rotatable bonds is 3. The number of carbonyl (C=O) groups is 1. The van der Waals surface area contributed by atoms with Crippen molar-refractivity contribution in [1.29, 1.82) is 0 Å². The third-order valence-corrected chi connectivity index (χ3v) is 3.93. The van der Waals surface area contributed by atoms with Crippen LogP contribution in [0.3, 0.4) is 0 Å². The third-order valence-electron chi connectivity index (χ3n) is 2.25. The zero-order chi connectivity index (χ0) is 12.4. The molecule has 2 rings (SSSR count). The summed E-state index contributed by atoms with van der Waals surface area (Å²) in [4.78, 5) is 12.3. The van der Waals surface area contributed by atoms with Crippen LogP contribution in [0.2, 0.25) is 10.0 Å². The van der Waals surface area contributed by atoms with Gasteiger partial charge in [-0.1, -0.05) is 35.3 Å². The number of halogens is 3. The zero-order valence-electron chi connectivity index (χ0n) is 8.54. The van der Waals surface area contributed by atoms with Gasteiger partial charge >= 0.3 is 0 Å². The van der Waals surface area contributed by atoms with Gasteiger partial charge in [0.15, 0.2) is 5.78 Å². The van der Waals surface area contributed by atoms with E-state index in [9.17, 15) is 9.18 Å². The number of ketones is 1. The Morgan fingerprint density at radius 2 is 2.00 bits per heavy atom. The van der Waals surface area contributed by atoms with Gasteiger partial charge in [0, 0.05) is 6.42 Å².